The van der Waals surface area contributed by atoms with E-state index in [-0.39, 0.29) is 11.8 Å². The number of hydrogen-bond acceptors (Lipinski definition) is 4. The van der Waals surface area contributed by atoms with E-state index in [0.717, 1.165) is 37.2 Å². The number of fused-ring (bicyclic) bond motifs is 1. The van der Waals surface area contributed by atoms with Crippen molar-refractivity contribution in [2.45, 2.75) is 39.3 Å². The van der Waals surface area contributed by atoms with E-state index >= 15 is 0 Å². The van der Waals surface area contributed by atoms with Crippen LogP contribution in [-0.2, 0) is 17.8 Å². The highest BCUT2D eigenvalue weighted by molar-refractivity contribution is 5.80. The number of rotatable bonds is 3. The van der Waals surface area contributed by atoms with Crippen LogP contribution in [0.5, 0.6) is 0 Å². The van der Waals surface area contributed by atoms with Gasteiger partial charge in [0.2, 0.25) is 5.91 Å². The quantitative estimate of drug-likeness (QED) is 0.827. The van der Waals surface area contributed by atoms with Gasteiger partial charge in [0.1, 0.15) is 11.5 Å². The van der Waals surface area contributed by atoms with E-state index in [9.17, 15) is 13.6 Å². The monoisotopic (exact) mass is 375 g/mol. The smallest absolute Gasteiger partial charge is 0.227 e. The summed E-state index contributed by atoms with van der Waals surface area (Å²) in [5.74, 6) is -0.938. The van der Waals surface area contributed by atoms with Crippen molar-refractivity contribution in [1.29, 1.82) is 0 Å². The van der Waals surface area contributed by atoms with Crippen LogP contribution in [0.3, 0.4) is 0 Å². The van der Waals surface area contributed by atoms with Crippen LogP contribution < -0.4 is 0 Å². The predicted octanol–water partition coefficient (Wildman–Crippen LogP) is 3.23. The summed E-state index contributed by atoms with van der Waals surface area (Å²) in [7, 11) is 0. The second-order valence-corrected chi connectivity index (χ2v) is 7.65. The van der Waals surface area contributed by atoms with Gasteiger partial charge in [-0.05, 0) is 45.0 Å². The van der Waals surface area contributed by atoms with Crippen LogP contribution in [0.1, 0.15) is 31.6 Å². The Morgan fingerprint density at radius 2 is 2.07 bits per heavy atom. The zero-order valence-corrected chi connectivity index (χ0v) is 15.5. The van der Waals surface area contributed by atoms with E-state index in [2.05, 4.69) is 23.9 Å². The van der Waals surface area contributed by atoms with Crippen molar-refractivity contribution < 1.29 is 18.1 Å². The molecule has 0 spiro atoms. The third-order valence-electron chi connectivity index (χ3n) is 5.63. The Kier molecular flexibility index (Phi) is 4.72. The van der Waals surface area contributed by atoms with Crippen LogP contribution in [0.4, 0.5) is 8.78 Å². The molecule has 7 heteroatoms. The Balaban J connectivity index is 1.54. The first-order valence-electron chi connectivity index (χ1n) is 9.39. The average molecular weight is 375 g/mol. The molecule has 1 aromatic heterocycles. The molecule has 4 rings (SSSR count). The second-order valence-electron chi connectivity index (χ2n) is 7.65. The average Bonchev–Trinajstić information content (AvgIpc) is 3.30. The van der Waals surface area contributed by atoms with Crippen LogP contribution in [-0.4, -0.2) is 46.5 Å². The van der Waals surface area contributed by atoms with E-state index in [1.807, 2.05) is 4.90 Å². The zero-order valence-electron chi connectivity index (χ0n) is 15.5. The van der Waals surface area contributed by atoms with Crippen LogP contribution in [0.2, 0.25) is 0 Å². The van der Waals surface area contributed by atoms with Crippen molar-refractivity contribution in [3.63, 3.8) is 0 Å². The van der Waals surface area contributed by atoms with E-state index < -0.39 is 11.6 Å². The summed E-state index contributed by atoms with van der Waals surface area (Å²) in [5, 5.41) is 4.06. The number of amides is 1. The van der Waals surface area contributed by atoms with Crippen molar-refractivity contribution in [1.82, 2.24) is 15.0 Å². The Morgan fingerprint density at radius 3 is 2.78 bits per heavy atom. The molecule has 5 nitrogen and oxygen atoms in total. The summed E-state index contributed by atoms with van der Waals surface area (Å²) < 4.78 is 32.2. The first-order valence-corrected chi connectivity index (χ1v) is 9.39. The number of carbonyl (C=O) groups is 1. The topological polar surface area (TPSA) is 49.6 Å². The maximum Gasteiger partial charge on any atom is 0.227 e. The third kappa shape index (κ3) is 3.36. The second kappa shape index (κ2) is 7.03. The lowest BCUT2D eigenvalue weighted by molar-refractivity contribution is -0.136. The maximum atomic E-state index is 13.6. The number of halogens is 2. The van der Waals surface area contributed by atoms with E-state index in [0.29, 0.717) is 42.6 Å². The number of benzene rings is 1. The Bertz CT molecular complexity index is 865. The van der Waals surface area contributed by atoms with Gasteiger partial charge in [0.25, 0.3) is 0 Å². The SMILES string of the molecule is CC(C)N1CC[C@@H](C(=O)N2CCc3onc(-c4ccc(F)c(F)c4)c3C2)C1. The van der Waals surface area contributed by atoms with Crippen molar-refractivity contribution in [3.05, 3.63) is 41.2 Å². The normalized spacial score (nSPS) is 20.3. The fourth-order valence-electron chi connectivity index (χ4n) is 3.98. The highest BCUT2D eigenvalue weighted by atomic mass is 19.2. The highest BCUT2D eigenvalue weighted by Crippen LogP contribution is 2.32. The maximum absolute atomic E-state index is 13.6. The molecule has 1 atom stereocenters. The molecular formula is C20H23F2N3O2. The summed E-state index contributed by atoms with van der Waals surface area (Å²) in [6.45, 7) is 7.01. The zero-order chi connectivity index (χ0) is 19.1. The molecule has 2 aromatic rings. The number of hydrogen-bond donors (Lipinski definition) is 0. The number of nitrogens with zero attached hydrogens (tertiary/aromatic N) is 3. The van der Waals surface area contributed by atoms with E-state index in [1.54, 1.807) is 0 Å². The largest absolute Gasteiger partial charge is 0.360 e. The molecule has 1 saturated heterocycles. The van der Waals surface area contributed by atoms with Gasteiger partial charge in [-0.3, -0.25) is 4.79 Å². The fraction of sp³-hybridized carbons (Fsp3) is 0.500. The van der Waals surface area contributed by atoms with Crippen LogP contribution >= 0.6 is 0 Å². The lowest BCUT2D eigenvalue weighted by Gasteiger charge is -2.29. The van der Waals surface area contributed by atoms with Gasteiger partial charge in [0, 0.05) is 36.7 Å². The summed E-state index contributed by atoms with van der Waals surface area (Å²) >= 11 is 0. The number of aromatic nitrogens is 1. The van der Waals surface area contributed by atoms with Gasteiger partial charge in [-0.2, -0.15) is 0 Å². The Hall–Kier alpha value is -2.28. The first-order chi connectivity index (χ1) is 12.9. The van der Waals surface area contributed by atoms with Crippen LogP contribution in [0.15, 0.2) is 22.7 Å². The molecule has 1 aromatic carbocycles. The molecule has 2 aliphatic rings. The summed E-state index contributed by atoms with van der Waals surface area (Å²) in [5.41, 5.74) is 1.73. The van der Waals surface area contributed by atoms with Gasteiger partial charge < -0.3 is 14.3 Å². The van der Waals surface area contributed by atoms with E-state index in [1.165, 1.54) is 6.07 Å². The van der Waals surface area contributed by atoms with Gasteiger partial charge in [-0.1, -0.05) is 5.16 Å². The van der Waals surface area contributed by atoms with Crippen molar-refractivity contribution in [2.24, 2.45) is 5.92 Å². The van der Waals surface area contributed by atoms with Crippen molar-refractivity contribution in [2.75, 3.05) is 19.6 Å². The summed E-state index contributed by atoms with van der Waals surface area (Å²) in [6, 6.07) is 4.12. The molecule has 0 aliphatic carbocycles. The molecule has 0 radical (unpaired) electrons. The van der Waals surface area contributed by atoms with E-state index in [4.69, 9.17) is 4.52 Å². The number of carbonyl (C=O) groups excluding carboxylic acids is 1. The molecule has 3 heterocycles. The van der Waals surface area contributed by atoms with Gasteiger partial charge in [-0.25, -0.2) is 8.78 Å². The predicted molar refractivity (Wildman–Crippen MR) is 95.8 cm³/mol. The molecule has 2 aliphatic heterocycles. The molecular weight excluding hydrogens is 352 g/mol. The minimum Gasteiger partial charge on any atom is -0.360 e. The minimum absolute atomic E-state index is 0.0144. The molecule has 27 heavy (non-hydrogen) atoms. The van der Waals surface area contributed by atoms with Crippen molar-refractivity contribution in [3.8, 4) is 11.3 Å². The standard InChI is InChI=1S/C20H23F2N3O2/c1-12(2)24-7-5-14(10-24)20(26)25-8-6-18-15(11-25)19(23-27-18)13-3-4-16(21)17(22)9-13/h3-4,9,12,14H,5-8,10-11H2,1-2H3/t14-/m1/s1. The fourth-order valence-corrected chi connectivity index (χ4v) is 3.98. The molecule has 0 N–H and O–H groups in total. The highest BCUT2D eigenvalue weighted by Gasteiger charge is 2.35. The lowest BCUT2D eigenvalue weighted by Crippen LogP contribution is -2.41. The van der Waals surface area contributed by atoms with Gasteiger partial charge in [-0.15, -0.1) is 0 Å². The number of likely N-dealkylation sites (tertiary alicyclic amines) is 1. The molecule has 1 amide bonds. The molecule has 144 valence electrons. The Labute approximate surface area is 156 Å². The molecule has 0 unspecified atom stereocenters. The molecule has 1 fully saturated rings. The van der Waals surface area contributed by atoms with Gasteiger partial charge >= 0.3 is 0 Å². The minimum atomic E-state index is -0.923. The molecule has 0 saturated carbocycles. The first kappa shape index (κ1) is 18.1. The van der Waals surface area contributed by atoms with Gasteiger partial charge in [0.05, 0.1) is 12.5 Å². The summed E-state index contributed by atoms with van der Waals surface area (Å²) in [6.07, 6.45) is 1.46. The van der Waals surface area contributed by atoms with Crippen LogP contribution in [0, 0.1) is 17.6 Å². The third-order valence-corrected chi connectivity index (χ3v) is 5.63. The van der Waals surface area contributed by atoms with Crippen molar-refractivity contribution >= 4 is 5.91 Å². The molecule has 0 bridgehead atoms. The summed E-state index contributed by atoms with van der Waals surface area (Å²) in [4.78, 5) is 17.2. The van der Waals surface area contributed by atoms with Gasteiger partial charge in [0.15, 0.2) is 11.6 Å². The van der Waals surface area contributed by atoms with Crippen LogP contribution in [0.25, 0.3) is 11.3 Å². The Morgan fingerprint density at radius 1 is 1.26 bits per heavy atom. The lowest BCUT2D eigenvalue weighted by atomic mass is 9.99.